The highest BCUT2D eigenvalue weighted by atomic mass is 35.5. The molecule has 1 aromatic carbocycles. The van der Waals surface area contributed by atoms with Crippen molar-refractivity contribution in [2.24, 2.45) is 5.92 Å². The molecule has 116 valence electrons. The second kappa shape index (κ2) is 7.66. The monoisotopic (exact) mass is 310 g/mol. The van der Waals surface area contributed by atoms with Crippen molar-refractivity contribution in [3.05, 3.63) is 34.3 Å². The van der Waals surface area contributed by atoms with Crippen molar-refractivity contribution in [3.8, 4) is 0 Å². The Hall–Kier alpha value is -1.26. The molecule has 2 rings (SSSR count). The van der Waals surface area contributed by atoms with Gasteiger partial charge in [-0.2, -0.15) is 0 Å². The van der Waals surface area contributed by atoms with Gasteiger partial charge in [-0.3, -0.25) is 0 Å². The summed E-state index contributed by atoms with van der Waals surface area (Å²) in [6.45, 7) is 7.56. The highest BCUT2D eigenvalue weighted by Crippen LogP contribution is 2.18. The van der Waals surface area contributed by atoms with Crippen LogP contribution in [0.5, 0.6) is 0 Å². The summed E-state index contributed by atoms with van der Waals surface area (Å²) in [5, 5.41) is 3.72. The Morgan fingerprint density at radius 1 is 1.52 bits per heavy atom. The zero-order valence-corrected chi connectivity index (χ0v) is 13.4. The summed E-state index contributed by atoms with van der Waals surface area (Å²) in [7, 11) is 0. The van der Waals surface area contributed by atoms with Gasteiger partial charge in [0.2, 0.25) is 0 Å². The molecule has 1 fully saturated rings. The summed E-state index contributed by atoms with van der Waals surface area (Å²) in [5.74, 6) is 0.466. The number of likely N-dealkylation sites (tertiary alicyclic amines) is 1. The van der Waals surface area contributed by atoms with Gasteiger partial charge in [-0.15, -0.1) is 0 Å². The van der Waals surface area contributed by atoms with Crippen LogP contribution in [0.3, 0.4) is 0 Å². The lowest BCUT2D eigenvalue weighted by atomic mass is 10.1. The van der Waals surface area contributed by atoms with E-state index in [1.807, 2.05) is 36.9 Å². The van der Waals surface area contributed by atoms with Crippen LogP contribution >= 0.6 is 11.6 Å². The number of aryl methyl sites for hydroxylation is 1. The van der Waals surface area contributed by atoms with E-state index in [4.69, 9.17) is 16.3 Å². The number of carbonyl (C=O) groups excluding carboxylic acids is 1. The molecule has 0 saturated carbocycles. The first-order chi connectivity index (χ1) is 10.1. The molecule has 21 heavy (non-hydrogen) atoms. The molecule has 1 aliphatic heterocycles. The summed E-state index contributed by atoms with van der Waals surface area (Å²) in [6.07, 6.45) is 1.02. The van der Waals surface area contributed by atoms with Gasteiger partial charge in [0.1, 0.15) is 0 Å². The van der Waals surface area contributed by atoms with E-state index in [-0.39, 0.29) is 6.03 Å². The first kappa shape index (κ1) is 16.1. The largest absolute Gasteiger partial charge is 0.381 e. The molecular formula is C16H23ClN2O2. The van der Waals surface area contributed by atoms with E-state index < -0.39 is 0 Å². The molecule has 5 heteroatoms. The number of benzene rings is 1. The SMILES string of the molecule is CCOC[C@@H]1CCN(C(=O)NCc2ccc(Cl)c(C)c2)C1. The summed E-state index contributed by atoms with van der Waals surface area (Å²) >= 11 is 6.00. The highest BCUT2D eigenvalue weighted by Gasteiger charge is 2.25. The second-order valence-corrected chi connectivity index (χ2v) is 5.91. The summed E-state index contributed by atoms with van der Waals surface area (Å²) < 4.78 is 5.43. The van der Waals surface area contributed by atoms with E-state index >= 15 is 0 Å². The summed E-state index contributed by atoms with van der Waals surface area (Å²) in [5.41, 5.74) is 2.09. The van der Waals surface area contributed by atoms with Gasteiger partial charge in [0, 0.05) is 37.2 Å². The third-order valence-electron chi connectivity index (χ3n) is 3.80. The second-order valence-electron chi connectivity index (χ2n) is 5.50. The predicted molar refractivity (Wildman–Crippen MR) is 84.6 cm³/mol. The van der Waals surface area contributed by atoms with Gasteiger partial charge in [0.25, 0.3) is 0 Å². The van der Waals surface area contributed by atoms with Crippen molar-refractivity contribution >= 4 is 17.6 Å². The Morgan fingerprint density at radius 2 is 2.33 bits per heavy atom. The molecule has 1 aliphatic rings. The maximum atomic E-state index is 12.1. The van der Waals surface area contributed by atoms with Gasteiger partial charge in [0.15, 0.2) is 0 Å². The van der Waals surface area contributed by atoms with E-state index in [2.05, 4.69) is 5.32 Å². The molecule has 0 aromatic heterocycles. The van der Waals surface area contributed by atoms with Crippen molar-refractivity contribution in [1.82, 2.24) is 10.2 Å². The number of ether oxygens (including phenoxy) is 1. The molecule has 0 unspecified atom stereocenters. The lowest BCUT2D eigenvalue weighted by Gasteiger charge is -2.17. The first-order valence-electron chi connectivity index (χ1n) is 7.45. The topological polar surface area (TPSA) is 41.6 Å². The van der Waals surface area contributed by atoms with E-state index in [0.717, 1.165) is 48.9 Å². The predicted octanol–water partition coefficient (Wildman–Crippen LogP) is 3.22. The molecule has 1 heterocycles. The maximum absolute atomic E-state index is 12.1. The first-order valence-corrected chi connectivity index (χ1v) is 7.83. The zero-order valence-electron chi connectivity index (χ0n) is 12.7. The number of amides is 2. The van der Waals surface area contributed by atoms with Crippen LogP contribution in [-0.4, -0.2) is 37.2 Å². The van der Waals surface area contributed by atoms with Gasteiger partial charge in [-0.25, -0.2) is 4.79 Å². The fourth-order valence-electron chi connectivity index (χ4n) is 2.54. The van der Waals surface area contributed by atoms with Crippen molar-refractivity contribution in [3.63, 3.8) is 0 Å². The number of nitrogens with zero attached hydrogens (tertiary/aromatic N) is 1. The van der Waals surface area contributed by atoms with Crippen molar-refractivity contribution in [1.29, 1.82) is 0 Å². The standard InChI is InChI=1S/C16H23ClN2O2/c1-3-21-11-14-6-7-19(10-14)16(20)18-9-13-4-5-15(17)12(2)8-13/h4-5,8,14H,3,6-7,9-11H2,1-2H3,(H,18,20)/t14-/m1/s1. The number of nitrogens with one attached hydrogen (secondary N) is 1. The average molecular weight is 311 g/mol. The van der Waals surface area contributed by atoms with E-state index in [0.29, 0.717) is 12.5 Å². The Labute approximate surface area is 131 Å². The lowest BCUT2D eigenvalue weighted by Crippen LogP contribution is -2.38. The molecule has 0 bridgehead atoms. The molecule has 0 radical (unpaired) electrons. The van der Waals surface area contributed by atoms with Crippen molar-refractivity contribution in [2.75, 3.05) is 26.3 Å². The van der Waals surface area contributed by atoms with Gasteiger partial charge in [0.05, 0.1) is 6.61 Å². The minimum absolute atomic E-state index is 0.00148. The van der Waals surface area contributed by atoms with Crippen LogP contribution < -0.4 is 5.32 Å². The van der Waals surface area contributed by atoms with Crippen LogP contribution in [-0.2, 0) is 11.3 Å². The molecule has 1 atom stereocenters. The fraction of sp³-hybridized carbons (Fsp3) is 0.562. The number of urea groups is 1. The Kier molecular flexibility index (Phi) is 5.88. The zero-order chi connectivity index (χ0) is 15.2. The summed E-state index contributed by atoms with van der Waals surface area (Å²) in [6, 6.07) is 5.82. The van der Waals surface area contributed by atoms with Gasteiger partial charge >= 0.3 is 6.03 Å². The van der Waals surface area contributed by atoms with Gasteiger partial charge < -0.3 is 15.0 Å². The smallest absolute Gasteiger partial charge is 0.317 e. The maximum Gasteiger partial charge on any atom is 0.317 e. The van der Waals surface area contributed by atoms with Crippen LogP contribution in [0.4, 0.5) is 4.79 Å². The molecule has 4 nitrogen and oxygen atoms in total. The summed E-state index contributed by atoms with van der Waals surface area (Å²) in [4.78, 5) is 14.0. The molecule has 0 aliphatic carbocycles. The molecule has 0 spiro atoms. The minimum atomic E-state index is 0.00148. The number of halogens is 1. The molecule has 1 saturated heterocycles. The molecule has 1 aromatic rings. The number of hydrogen-bond donors (Lipinski definition) is 1. The highest BCUT2D eigenvalue weighted by molar-refractivity contribution is 6.31. The molecular weight excluding hydrogens is 288 g/mol. The number of carbonyl (C=O) groups is 1. The lowest BCUT2D eigenvalue weighted by molar-refractivity contribution is 0.113. The average Bonchev–Trinajstić information content (AvgIpc) is 2.95. The van der Waals surface area contributed by atoms with E-state index in [9.17, 15) is 4.79 Å². The van der Waals surface area contributed by atoms with E-state index in [1.54, 1.807) is 0 Å². The third-order valence-corrected chi connectivity index (χ3v) is 4.22. The van der Waals surface area contributed by atoms with Crippen LogP contribution in [0.2, 0.25) is 5.02 Å². The van der Waals surface area contributed by atoms with Crippen LogP contribution in [0.15, 0.2) is 18.2 Å². The fourth-order valence-corrected chi connectivity index (χ4v) is 2.66. The Bertz CT molecular complexity index is 493. The number of hydrogen-bond acceptors (Lipinski definition) is 2. The van der Waals surface area contributed by atoms with Gasteiger partial charge in [-0.1, -0.05) is 23.7 Å². The Balaban J connectivity index is 1.78. The normalized spacial score (nSPS) is 18.0. The third kappa shape index (κ3) is 4.61. The van der Waals surface area contributed by atoms with Crippen molar-refractivity contribution in [2.45, 2.75) is 26.8 Å². The number of rotatable bonds is 5. The van der Waals surface area contributed by atoms with Gasteiger partial charge in [-0.05, 0) is 37.5 Å². The van der Waals surface area contributed by atoms with E-state index in [1.165, 1.54) is 0 Å². The molecule has 1 N–H and O–H groups in total. The van der Waals surface area contributed by atoms with Crippen molar-refractivity contribution < 1.29 is 9.53 Å². The minimum Gasteiger partial charge on any atom is -0.381 e. The molecule has 2 amide bonds. The van der Waals surface area contributed by atoms with Crippen LogP contribution in [0.1, 0.15) is 24.5 Å². The Morgan fingerprint density at radius 3 is 3.05 bits per heavy atom. The van der Waals surface area contributed by atoms with Crippen LogP contribution in [0, 0.1) is 12.8 Å². The van der Waals surface area contributed by atoms with Crippen LogP contribution in [0.25, 0.3) is 0 Å². The quantitative estimate of drug-likeness (QED) is 0.907.